The Kier molecular flexibility index (Phi) is 4.14. The third kappa shape index (κ3) is 3.42. The molecule has 3 aromatic rings. The predicted molar refractivity (Wildman–Crippen MR) is 87.6 cm³/mol. The molecule has 0 saturated carbocycles. The predicted octanol–water partition coefficient (Wildman–Crippen LogP) is 3.34. The van der Waals surface area contributed by atoms with Crippen LogP contribution in [0.5, 0.6) is 0 Å². The topological polar surface area (TPSA) is 66.9 Å². The number of hydrogen-bond donors (Lipinski definition) is 2. The molecule has 1 aromatic heterocycles. The second-order valence-electron chi connectivity index (χ2n) is 5.09. The Balaban J connectivity index is 1.76. The first kappa shape index (κ1) is 14.9. The first-order chi connectivity index (χ1) is 11.1. The monoisotopic (exact) mass is 310 g/mol. The smallest absolute Gasteiger partial charge is 0.221 e. The van der Waals surface area contributed by atoms with Crippen molar-refractivity contribution in [2.24, 2.45) is 0 Å². The number of carbonyl (C=O) groups is 1. The lowest BCUT2D eigenvalue weighted by Gasteiger charge is -2.09. The summed E-state index contributed by atoms with van der Waals surface area (Å²) in [4.78, 5) is 19.1. The highest BCUT2D eigenvalue weighted by Crippen LogP contribution is 2.21. The summed E-state index contributed by atoms with van der Waals surface area (Å²) in [5.74, 6) is 0.110. The van der Waals surface area contributed by atoms with Crippen molar-refractivity contribution in [3.05, 3.63) is 60.2 Å². The second-order valence-corrected chi connectivity index (χ2v) is 5.09. The normalized spacial score (nSPS) is 10.5. The fourth-order valence-corrected chi connectivity index (χ4v) is 2.29. The van der Waals surface area contributed by atoms with Crippen molar-refractivity contribution in [2.45, 2.75) is 13.5 Å². The van der Waals surface area contributed by atoms with E-state index in [0.717, 1.165) is 11.3 Å². The van der Waals surface area contributed by atoms with Crippen LogP contribution in [0, 0.1) is 5.82 Å². The summed E-state index contributed by atoms with van der Waals surface area (Å²) in [6.07, 6.45) is 1.34. The molecule has 0 fully saturated rings. The van der Waals surface area contributed by atoms with Crippen LogP contribution in [0.3, 0.4) is 0 Å². The maximum absolute atomic E-state index is 13.7. The van der Waals surface area contributed by atoms with Gasteiger partial charge in [-0.25, -0.2) is 14.4 Å². The van der Waals surface area contributed by atoms with Crippen LogP contribution in [0.15, 0.2) is 48.8 Å². The Morgan fingerprint density at radius 1 is 1.13 bits per heavy atom. The van der Waals surface area contributed by atoms with Gasteiger partial charge in [-0.3, -0.25) is 4.79 Å². The number of amides is 1. The Hall–Kier alpha value is -3.02. The minimum absolute atomic E-state index is 0.106. The van der Waals surface area contributed by atoms with Crippen LogP contribution in [0.4, 0.5) is 15.9 Å². The summed E-state index contributed by atoms with van der Waals surface area (Å²) in [5.41, 5.74) is 2.06. The van der Waals surface area contributed by atoms with Crippen LogP contribution in [0.25, 0.3) is 10.9 Å². The molecule has 1 amide bonds. The second kappa shape index (κ2) is 6.39. The largest absolute Gasteiger partial charge is 0.365 e. The molecule has 23 heavy (non-hydrogen) atoms. The SMILES string of the molecule is CC(=O)Nc1ccc(CNc2ncnc3c(F)cccc23)cc1. The van der Waals surface area contributed by atoms with Gasteiger partial charge in [0.1, 0.15) is 23.5 Å². The van der Waals surface area contributed by atoms with Gasteiger partial charge in [-0.2, -0.15) is 0 Å². The molecule has 2 N–H and O–H groups in total. The molecule has 0 aliphatic heterocycles. The van der Waals surface area contributed by atoms with Crippen molar-refractivity contribution in [3.63, 3.8) is 0 Å². The summed E-state index contributed by atoms with van der Waals surface area (Å²) < 4.78 is 13.7. The average molecular weight is 310 g/mol. The molecule has 0 radical (unpaired) electrons. The summed E-state index contributed by atoms with van der Waals surface area (Å²) in [6, 6.07) is 12.3. The first-order valence-electron chi connectivity index (χ1n) is 7.13. The van der Waals surface area contributed by atoms with Gasteiger partial charge in [0.25, 0.3) is 0 Å². The summed E-state index contributed by atoms with van der Waals surface area (Å²) in [7, 11) is 0. The molecule has 0 bridgehead atoms. The molecule has 0 aliphatic rings. The Bertz CT molecular complexity index is 849. The molecule has 0 spiro atoms. The van der Waals surface area contributed by atoms with E-state index < -0.39 is 0 Å². The van der Waals surface area contributed by atoms with Crippen LogP contribution in [-0.2, 0) is 11.3 Å². The third-order valence-corrected chi connectivity index (χ3v) is 3.35. The Morgan fingerprint density at radius 3 is 2.65 bits per heavy atom. The van der Waals surface area contributed by atoms with Crippen LogP contribution in [0.2, 0.25) is 0 Å². The highest BCUT2D eigenvalue weighted by molar-refractivity contribution is 5.89. The molecule has 0 unspecified atom stereocenters. The zero-order valence-electron chi connectivity index (χ0n) is 12.5. The number of benzene rings is 2. The average Bonchev–Trinajstić information content (AvgIpc) is 2.54. The fourth-order valence-electron chi connectivity index (χ4n) is 2.29. The van der Waals surface area contributed by atoms with E-state index in [4.69, 9.17) is 0 Å². The standard InChI is InChI=1S/C17H15FN4O/c1-11(23)22-13-7-5-12(6-8-13)9-19-17-14-3-2-4-15(18)16(14)20-10-21-17/h2-8,10H,9H2,1H3,(H,22,23)(H,19,20,21). The first-order valence-corrected chi connectivity index (χ1v) is 7.13. The minimum atomic E-state index is -0.368. The maximum Gasteiger partial charge on any atom is 0.221 e. The van der Waals surface area contributed by atoms with E-state index in [-0.39, 0.29) is 11.7 Å². The third-order valence-electron chi connectivity index (χ3n) is 3.35. The highest BCUT2D eigenvalue weighted by Gasteiger charge is 2.07. The number of nitrogens with one attached hydrogen (secondary N) is 2. The van der Waals surface area contributed by atoms with Gasteiger partial charge >= 0.3 is 0 Å². The van der Waals surface area contributed by atoms with Gasteiger partial charge < -0.3 is 10.6 Å². The molecule has 5 nitrogen and oxygen atoms in total. The number of rotatable bonds is 4. The molecule has 1 heterocycles. The van der Waals surface area contributed by atoms with Crippen LogP contribution >= 0.6 is 0 Å². The van der Waals surface area contributed by atoms with Gasteiger partial charge in [-0.05, 0) is 29.8 Å². The quantitative estimate of drug-likeness (QED) is 0.775. The van der Waals surface area contributed by atoms with Crippen molar-refractivity contribution in [2.75, 3.05) is 10.6 Å². The van der Waals surface area contributed by atoms with Crippen molar-refractivity contribution >= 4 is 28.3 Å². The zero-order chi connectivity index (χ0) is 16.2. The Morgan fingerprint density at radius 2 is 1.91 bits per heavy atom. The lowest BCUT2D eigenvalue weighted by Crippen LogP contribution is -2.06. The number of fused-ring (bicyclic) bond motifs is 1. The lowest BCUT2D eigenvalue weighted by atomic mass is 10.2. The Labute approximate surface area is 132 Å². The van der Waals surface area contributed by atoms with Gasteiger partial charge in [0.05, 0.1) is 0 Å². The zero-order valence-corrected chi connectivity index (χ0v) is 12.5. The molecule has 3 rings (SSSR count). The molecule has 2 aromatic carbocycles. The van der Waals surface area contributed by atoms with E-state index in [1.54, 1.807) is 12.1 Å². The van der Waals surface area contributed by atoms with Crippen LogP contribution < -0.4 is 10.6 Å². The molecule has 0 saturated heterocycles. The van der Waals surface area contributed by atoms with E-state index in [0.29, 0.717) is 23.3 Å². The van der Waals surface area contributed by atoms with Gasteiger partial charge in [-0.15, -0.1) is 0 Å². The van der Waals surface area contributed by atoms with Gasteiger partial charge in [-0.1, -0.05) is 18.2 Å². The van der Waals surface area contributed by atoms with Crippen molar-refractivity contribution in [1.82, 2.24) is 9.97 Å². The molecule has 0 aliphatic carbocycles. The number of aromatic nitrogens is 2. The summed E-state index contributed by atoms with van der Waals surface area (Å²) in [6.45, 7) is 2.00. The van der Waals surface area contributed by atoms with E-state index in [1.807, 2.05) is 24.3 Å². The van der Waals surface area contributed by atoms with Crippen LogP contribution in [-0.4, -0.2) is 15.9 Å². The minimum Gasteiger partial charge on any atom is -0.365 e. The number of para-hydroxylation sites is 1. The highest BCUT2D eigenvalue weighted by atomic mass is 19.1. The van der Waals surface area contributed by atoms with E-state index in [2.05, 4.69) is 20.6 Å². The number of carbonyl (C=O) groups excluding carboxylic acids is 1. The van der Waals surface area contributed by atoms with Gasteiger partial charge in [0.15, 0.2) is 0 Å². The molecular weight excluding hydrogens is 295 g/mol. The van der Waals surface area contributed by atoms with E-state index >= 15 is 0 Å². The molecule has 6 heteroatoms. The molecule has 116 valence electrons. The number of nitrogens with zero attached hydrogens (tertiary/aromatic N) is 2. The van der Waals surface area contributed by atoms with E-state index in [9.17, 15) is 9.18 Å². The summed E-state index contributed by atoms with van der Waals surface area (Å²) >= 11 is 0. The van der Waals surface area contributed by atoms with Crippen LogP contribution in [0.1, 0.15) is 12.5 Å². The molecular formula is C17H15FN4O. The van der Waals surface area contributed by atoms with E-state index in [1.165, 1.54) is 19.3 Å². The molecule has 0 atom stereocenters. The van der Waals surface area contributed by atoms with Crippen molar-refractivity contribution < 1.29 is 9.18 Å². The lowest BCUT2D eigenvalue weighted by molar-refractivity contribution is -0.114. The van der Waals surface area contributed by atoms with Gasteiger partial charge in [0, 0.05) is 24.5 Å². The van der Waals surface area contributed by atoms with Crippen molar-refractivity contribution in [3.8, 4) is 0 Å². The maximum atomic E-state index is 13.7. The fraction of sp³-hybridized carbons (Fsp3) is 0.118. The van der Waals surface area contributed by atoms with Gasteiger partial charge in [0.2, 0.25) is 5.91 Å². The number of anilines is 2. The number of hydrogen-bond acceptors (Lipinski definition) is 4. The number of halogens is 1. The van der Waals surface area contributed by atoms with Crippen molar-refractivity contribution in [1.29, 1.82) is 0 Å². The summed E-state index contributed by atoms with van der Waals surface area (Å²) in [5, 5.41) is 6.54.